The number of fused-ring (bicyclic) bond motifs is 1. The van der Waals surface area contributed by atoms with E-state index < -0.39 is 10.1 Å². The summed E-state index contributed by atoms with van der Waals surface area (Å²) in [6, 6.07) is 24.4. The molecule has 0 bridgehead atoms. The van der Waals surface area contributed by atoms with E-state index in [1.54, 1.807) is 42.5 Å². The third-order valence-electron chi connectivity index (χ3n) is 6.28. The summed E-state index contributed by atoms with van der Waals surface area (Å²) < 4.78 is 33.1. The van der Waals surface area contributed by atoms with Gasteiger partial charge in [0, 0.05) is 0 Å². The Morgan fingerprint density at radius 3 is 1.97 bits per heavy atom. The van der Waals surface area contributed by atoms with Crippen molar-refractivity contribution in [3.8, 4) is 22.6 Å². The van der Waals surface area contributed by atoms with Gasteiger partial charge in [-0.3, -0.25) is 0 Å². The second kappa shape index (κ2) is 12.1. The molecule has 35 heavy (non-hydrogen) atoms. The average molecular weight is 499 g/mol. The average Bonchev–Trinajstić information content (AvgIpc) is 2.84. The van der Waals surface area contributed by atoms with Crippen LogP contribution in [0.4, 0.5) is 0 Å². The van der Waals surface area contributed by atoms with E-state index in [4.69, 9.17) is 0 Å². The predicted octanol–water partition coefficient (Wildman–Crippen LogP) is 3.56. The number of aromatic hydroxyl groups is 2. The summed E-state index contributed by atoms with van der Waals surface area (Å²) >= 11 is 0. The molecule has 0 saturated heterocycles. The predicted molar refractivity (Wildman–Crippen MR) is 133 cm³/mol. The van der Waals surface area contributed by atoms with Crippen molar-refractivity contribution in [1.29, 1.82) is 0 Å². The number of phenols is 2. The van der Waals surface area contributed by atoms with Crippen LogP contribution in [-0.4, -0.2) is 23.2 Å². The molecule has 1 aliphatic rings. The van der Waals surface area contributed by atoms with Crippen molar-refractivity contribution >= 4 is 20.9 Å². The molecule has 7 heteroatoms. The van der Waals surface area contributed by atoms with Gasteiger partial charge < -0.3 is 14.8 Å². The van der Waals surface area contributed by atoms with Crippen LogP contribution in [0.25, 0.3) is 21.9 Å². The summed E-state index contributed by atoms with van der Waals surface area (Å²) in [7, 11) is -4.44. The number of benzene rings is 4. The van der Waals surface area contributed by atoms with Crippen molar-refractivity contribution < 1.29 is 52.7 Å². The third-order valence-corrected chi connectivity index (χ3v) is 7.11. The molecule has 0 amide bonds. The Kier molecular flexibility index (Phi) is 9.39. The molecule has 2 N–H and O–H groups in total. The zero-order valence-corrected chi connectivity index (χ0v) is 22.5. The zero-order chi connectivity index (χ0) is 24.1. The Morgan fingerprint density at radius 2 is 1.31 bits per heavy atom. The number of hydrogen-bond donors (Lipinski definition) is 2. The van der Waals surface area contributed by atoms with Crippen LogP contribution < -0.4 is 29.6 Å². The molecule has 1 saturated carbocycles. The van der Waals surface area contributed by atoms with Crippen molar-refractivity contribution in [3.63, 3.8) is 0 Å². The first kappa shape index (κ1) is 27.2. The van der Waals surface area contributed by atoms with Gasteiger partial charge in [-0.15, -0.1) is 0 Å². The van der Waals surface area contributed by atoms with Gasteiger partial charge in [-0.1, -0.05) is 67.8 Å². The van der Waals surface area contributed by atoms with Crippen molar-refractivity contribution in [1.82, 2.24) is 0 Å². The van der Waals surface area contributed by atoms with E-state index in [1.807, 2.05) is 24.3 Å². The maximum atomic E-state index is 11.0. The standard InChI is InChI=1S/C16H12O4S.C12H16O.Na/c17-15-6-3-11(4-7-15)12-1-2-14-10-16(21(18,19)20)8-5-13(14)9-12;13-12-9-5-4-8-11(12)10-6-2-1-3-7-10;/h1-10,17H,(H,18,19,20);4-5,8-10,13H,1-3,6-7H2;/q;;+1/p-1. The van der Waals surface area contributed by atoms with Gasteiger partial charge in [0.1, 0.15) is 21.6 Å². The molecule has 5 nitrogen and oxygen atoms in total. The quantitative estimate of drug-likeness (QED) is 0.333. The van der Waals surface area contributed by atoms with Crippen LogP contribution in [0.1, 0.15) is 43.6 Å². The largest absolute Gasteiger partial charge is 1.00 e. The maximum Gasteiger partial charge on any atom is 1.00 e. The Bertz CT molecular complexity index is 1380. The molecule has 1 fully saturated rings. The van der Waals surface area contributed by atoms with Crippen molar-refractivity contribution in [2.45, 2.75) is 42.9 Å². The molecule has 4 aromatic carbocycles. The van der Waals surface area contributed by atoms with Crippen LogP contribution >= 0.6 is 0 Å². The van der Waals surface area contributed by atoms with Gasteiger partial charge in [0.25, 0.3) is 0 Å². The molecular weight excluding hydrogens is 471 g/mol. The van der Waals surface area contributed by atoms with Crippen LogP contribution in [0.2, 0.25) is 0 Å². The molecule has 0 atom stereocenters. The van der Waals surface area contributed by atoms with E-state index in [2.05, 4.69) is 6.07 Å². The van der Waals surface area contributed by atoms with Gasteiger partial charge in [-0.05, 0) is 82.6 Å². The summed E-state index contributed by atoms with van der Waals surface area (Å²) in [6.07, 6.45) is 6.50. The van der Waals surface area contributed by atoms with Crippen molar-refractivity contribution in [3.05, 3.63) is 90.5 Å². The summed E-state index contributed by atoms with van der Waals surface area (Å²) in [4.78, 5) is -0.229. The van der Waals surface area contributed by atoms with Gasteiger partial charge in [0.05, 0.1) is 4.90 Å². The second-order valence-corrected chi connectivity index (χ2v) is 10.00. The second-order valence-electron chi connectivity index (χ2n) is 8.62. The third kappa shape index (κ3) is 7.09. The van der Waals surface area contributed by atoms with Crippen LogP contribution in [0.15, 0.2) is 89.8 Å². The molecule has 0 radical (unpaired) electrons. The molecule has 1 aliphatic carbocycles. The van der Waals surface area contributed by atoms with Gasteiger partial charge in [0.15, 0.2) is 0 Å². The fourth-order valence-electron chi connectivity index (χ4n) is 4.46. The van der Waals surface area contributed by atoms with Crippen molar-refractivity contribution in [2.24, 2.45) is 0 Å². The van der Waals surface area contributed by atoms with Crippen molar-refractivity contribution in [2.75, 3.05) is 0 Å². The molecule has 4 aromatic rings. The topological polar surface area (TPSA) is 97.7 Å². The smallest absolute Gasteiger partial charge is 0.744 e. The van der Waals surface area contributed by atoms with E-state index in [-0.39, 0.29) is 40.2 Å². The molecule has 5 rings (SSSR count). The Morgan fingerprint density at radius 1 is 0.714 bits per heavy atom. The molecule has 0 aromatic heterocycles. The first-order valence-corrected chi connectivity index (χ1v) is 12.8. The molecule has 0 aliphatic heterocycles. The van der Waals surface area contributed by atoms with E-state index >= 15 is 0 Å². The van der Waals surface area contributed by atoms with E-state index in [1.165, 1.54) is 44.2 Å². The minimum atomic E-state index is -4.44. The van der Waals surface area contributed by atoms with Crippen LogP contribution in [0.3, 0.4) is 0 Å². The fourth-order valence-corrected chi connectivity index (χ4v) is 4.97. The number of rotatable bonds is 3. The first-order valence-electron chi connectivity index (χ1n) is 11.4. The Labute approximate surface area is 228 Å². The molecule has 0 heterocycles. The SMILES string of the molecule is O=S(=O)([O-])c1ccc2cc(-c3ccc(O)cc3)ccc2c1.Oc1ccccc1C1CCCCC1.[Na+]. The van der Waals surface area contributed by atoms with E-state index in [0.717, 1.165) is 22.1 Å². The minimum absolute atomic E-state index is 0. The summed E-state index contributed by atoms with van der Waals surface area (Å²) in [6.45, 7) is 0. The molecular formula is C28H27NaO5S. The van der Waals surface area contributed by atoms with Gasteiger partial charge in [0.2, 0.25) is 0 Å². The van der Waals surface area contributed by atoms with Gasteiger partial charge in [-0.2, -0.15) is 0 Å². The summed E-state index contributed by atoms with van der Waals surface area (Å²) in [5.74, 6) is 1.29. The van der Waals surface area contributed by atoms with Crippen LogP contribution in [0, 0.1) is 0 Å². The minimum Gasteiger partial charge on any atom is -0.744 e. The number of hydrogen-bond acceptors (Lipinski definition) is 5. The maximum absolute atomic E-state index is 11.0. The van der Waals surface area contributed by atoms with Gasteiger partial charge in [-0.25, -0.2) is 8.42 Å². The summed E-state index contributed by atoms with van der Waals surface area (Å²) in [5, 5.41) is 20.5. The van der Waals surface area contributed by atoms with Crippen LogP contribution in [0.5, 0.6) is 11.5 Å². The molecule has 0 spiro atoms. The molecule has 0 unspecified atom stereocenters. The number of phenolic OH excluding ortho intramolecular Hbond substituents is 2. The Balaban J connectivity index is 0.000000211. The molecule has 176 valence electrons. The fraction of sp³-hybridized carbons (Fsp3) is 0.214. The zero-order valence-electron chi connectivity index (χ0n) is 19.7. The van der Waals surface area contributed by atoms with E-state index in [0.29, 0.717) is 17.1 Å². The first-order chi connectivity index (χ1) is 16.3. The van der Waals surface area contributed by atoms with Crippen LogP contribution in [-0.2, 0) is 10.1 Å². The van der Waals surface area contributed by atoms with Gasteiger partial charge >= 0.3 is 29.6 Å². The number of para-hydroxylation sites is 1. The monoisotopic (exact) mass is 498 g/mol. The Hall–Kier alpha value is -2.35. The normalized spacial score (nSPS) is 14.0. The summed E-state index contributed by atoms with van der Waals surface area (Å²) in [5.41, 5.74) is 3.04. The van der Waals surface area contributed by atoms with E-state index in [9.17, 15) is 23.2 Å².